The molecule has 5 heteroatoms. The van der Waals surface area contributed by atoms with Crippen LogP contribution in [-0.2, 0) is 13.1 Å². The summed E-state index contributed by atoms with van der Waals surface area (Å²) in [5.41, 5.74) is 0. The van der Waals surface area contributed by atoms with Crippen LogP contribution in [0.4, 0.5) is 0 Å². The van der Waals surface area contributed by atoms with Crippen LogP contribution in [0.2, 0.25) is 0 Å². The van der Waals surface area contributed by atoms with Gasteiger partial charge in [-0.1, -0.05) is 0 Å². The third kappa shape index (κ3) is 3.12. The second kappa shape index (κ2) is 5.66. The molecule has 13 heavy (non-hydrogen) atoms. The molecule has 0 aliphatic carbocycles. The second-order valence-corrected chi connectivity index (χ2v) is 2.79. The fraction of sp³-hybridized carbons (Fsp3) is 0.750. The lowest BCUT2D eigenvalue weighted by Crippen LogP contribution is -2.18. The van der Waals surface area contributed by atoms with E-state index >= 15 is 0 Å². The predicted octanol–water partition coefficient (Wildman–Crippen LogP) is -0.230. The Kier molecular flexibility index (Phi) is 4.42. The van der Waals surface area contributed by atoms with Crippen molar-refractivity contribution in [3.8, 4) is 0 Å². The molecule has 1 aromatic heterocycles. The van der Waals surface area contributed by atoms with Crippen LogP contribution in [0.1, 0.15) is 19.2 Å². The first kappa shape index (κ1) is 10.1. The summed E-state index contributed by atoms with van der Waals surface area (Å²) < 4.78 is 1.99. The Labute approximate surface area is 77.8 Å². The largest absolute Gasteiger partial charge is 0.396 e. The van der Waals surface area contributed by atoms with E-state index in [0.29, 0.717) is 6.54 Å². The summed E-state index contributed by atoms with van der Waals surface area (Å²) in [6.07, 6.45) is 2.50. The number of aliphatic hydroxyl groups excluding tert-OH is 1. The zero-order valence-electron chi connectivity index (χ0n) is 7.90. The number of nitrogens with zero attached hydrogens (tertiary/aromatic N) is 3. The van der Waals surface area contributed by atoms with E-state index in [1.54, 1.807) is 6.33 Å². The molecule has 5 nitrogen and oxygen atoms in total. The van der Waals surface area contributed by atoms with Crippen molar-refractivity contribution in [3.63, 3.8) is 0 Å². The highest BCUT2D eigenvalue weighted by Gasteiger charge is 2.00. The molecule has 1 aromatic rings. The molecule has 74 valence electrons. The highest BCUT2D eigenvalue weighted by atomic mass is 16.3. The van der Waals surface area contributed by atoms with Crippen molar-refractivity contribution in [3.05, 3.63) is 12.2 Å². The number of aryl methyl sites for hydroxylation is 1. The standard InChI is InChI=1S/C8H16N4O/c1-2-12-7-10-11-8(12)6-9-4-3-5-13/h7,9,13H,2-6H2,1H3. The predicted molar refractivity (Wildman–Crippen MR) is 49.1 cm³/mol. The van der Waals surface area contributed by atoms with E-state index < -0.39 is 0 Å². The van der Waals surface area contributed by atoms with Crippen LogP contribution in [0.3, 0.4) is 0 Å². The maximum absolute atomic E-state index is 8.55. The highest BCUT2D eigenvalue weighted by molar-refractivity contribution is 4.84. The van der Waals surface area contributed by atoms with Gasteiger partial charge in [0.1, 0.15) is 12.2 Å². The Hall–Kier alpha value is -0.940. The monoisotopic (exact) mass is 184 g/mol. The molecule has 0 radical (unpaired) electrons. The van der Waals surface area contributed by atoms with Crippen molar-refractivity contribution < 1.29 is 5.11 Å². The zero-order chi connectivity index (χ0) is 9.52. The van der Waals surface area contributed by atoms with Crippen molar-refractivity contribution >= 4 is 0 Å². The maximum atomic E-state index is 8.55. The minimum absolute atomic E-state index is 0.230. The molecule has 0 saturated carbocycles. The molecule has 0 atom stereocenters. The van der Waals surface area contributed by atoms with Crippen LogP contribution >= 0.6 is 0 Å². The lowest BCUT2D eigenvalue weighted by atomic mass is 10.4. The summed E-state index contributed by atoms with van der Waals surface area (Å²) in [6, 6.07) is 0. The molecule has 0 aliphatic heterocycles. The summed E-state index contributed by atoms with van der Waals surface area (Å²) in [4.78, 5) is 0. The van der Waals surface area contributed by atoms with Crippen molar-refractivity contribution in [1.82, 2.24) is 20.1 Å². The van der Waals surface area contributed by atoms with E-state index in [2.05, 4.69) is 22.4 Å². The normalized spacial score (nSPS) is 10.6. The highest BCUT2D eigenvalue weighted by Crippen LogP contribution is 1.93. The average molecular weight is 184 g/mol. The third-order valence-electron chi connectivity index (χ3n) is 1.83. The van der Waals surface area contributed by atoms with Crippen molar-refractivity contribution in [2.24, 2.45) is 0 Å². The summed E-state index contributed by atoms with van der Waals surface area (Å²) >= 11 is 0. The zero-order valence-corrected chi connectivity index (χ0v) is 7.90. The fourth-order valence-corrected chi connectivity index (χ4v) is 1.08. The summed E-state index contributed by atoms with van der Waals surface area (Å²) in [5.74, 6) is 0.945. The summed E-state index contributed by atoms with van der Waals surface area (Å²) in [6.45, 7) is 4.71. The van der Waals surface area contributed by atoms with Crippen LogP contribution < -0.4 is 5.32 Å². The molecular weight excluding hydrogens is 168 g/mol. The van der Waals surface area contributed by atoms with Gasteiger partial charge in [-0.2, -0.15) is 0 Å². The average Bonchev–Trinajstić information content (AvgIpc) is 2.60. The van der Waals surface area contributed by atoms with Gasteiger partial charge in [0.25, 0.3) is 0 Å². The van der Waals surface area contributed by atoms with Gasteiger partial charge in [0, 0.05) is 13.2 Å². The number of nitrogens with one attached hydrogen (secondary N) is 1. The van der Waals surface area contributed by atoms with E-state index in [1.165, 1.54) is 0 Å². The number of hydrogen-bond acceptors (Lipinski definition) is 4. The summed E-state index contributed by atoms with van der Waals surface area (Å²) in [5, 5.41) is 19.5. The topological polar surface area (TPSA) is 63.0 Å². The molecule has 0 amide bonds. The van der Waals surface area contributed by atoms with Crippen LogP contribution in [0.15, 0.2) is 6.33 Å². The van der Waals surface area contributed by atoms with Gasteiger partial charge >= 0.3 is 0 Å². The first-order valence-electron chi connectivity index (χ1n) is 4.56. The van der Waals surface area contributed by atoms with Crippen LogP contribution in [0.5, 0.6) is 0 Å². The van der Waals surface area contributed by atoms with Gasteiger partial charge in [-0.05, 0) is 19.9 Å². The first-order valence-corrected chi connectivity index (χ1v) is 4.56. The molecular formula is C8H16N4O. The van der Waals surface area contributed by atoms with E-state index in [9.17, 15) is 0 Å². The lowest BCUT2D eigenvalue weighted by molar-refractivity contribution is 0.285. The Morgan fingerprint density at radius 1 is 1.62 bits per heavy atom. The Morgan fingerprint density at radius 3 is 3.15 bits per heavy atom. The molecule has 0 bridgehead atoms. The molecule has 0 saturated heterocycles. The van der Waals surface area contributed by atoms with Gasteiger partial charge in [-0.3, -0.25) is 0 Å². The molecule has 1 heterocycles. The van der Waals surface area contributed by atoms with E-state index in [1.807, 2.05) is 4.57 Å². The van der Waals surface area contributed by atoms with Gasteiger partial charge in [-0.15, -0.1) is 10.2 Å². The second-order valence-electron chi connectivity index (χ2n) is 2.79. The Bertz CT molecular complexity index is 236. The van der Waals surface area contributed by atoms with Gasteiger partial charge < -0.3 is 15.0 Å². The van der Waals surface area contributed by atoms with Crippen molar-refractivity contribution in [2.45, 2.75) is 26.4 Å². The first-order chi connectivity index (χ1) is 6.38. The fourth-order valence-electron chi connectivity index (χ4n) is 1.08. The van der Waals surface area contributed by atoms with Crippen LogP contribution in [-0.4, -0.2) is 33.0 Å². The van der Waals surface area contributed by atoms with Gasteiger partial charge in [0.05, 0.1) is 6.54 Å². The van der Waals surface area contributed by atoms with E-state index in [4.69, 9.17) is 5.11 Å². The molecule has 2 N–H and O–H groups in total. The molecule has 0 spiro atoms. The van der Waals surface area contributed by atoms with Crippen LogP contribution in [0, 0.1) is 0 Å². The smallest absolute Gasteiger partial charge is 0.146 e. The summed E-state index contributed by atoms with van der Waals surface area (Å²) in [7, 11) is 0. The van der Waals surface area contributed by atoms with E-state index in [0.717, 1.165) is 25.3 Å². The number of aliphatic hydroxyl groups is 1. The van der Waals surface area contributed by atoms with Gasteiger partial charge in [0.2, 0.25) is 0 Å². The Balaban J connectivity index is 2.27. The SMILES string of the molecule is CCn1cnnc1CNCCCO. The molecule has 1 rings (SSSR count). The minimum Gasteiger partial charge on any atom is -0.396 e. The quantitative estimate of drug-likeness (QED) is 0.599. The lowest BCUT2D eigenvalue weighted by Gasteiger charge is -2.04. The van der Waals surface area contributed by atoms with Crippen LogP contribution in [0.25, 0.3) is 0 Å². The van der Waals surface area contributed by atoms with Gasteiger partial charge in [-0.25, -0.2) is 0 Å². The minimum atomic E-state index is 0.230. The number of rotatable bonds is 6. The van der Waals surface area contributed by atoms with Crippen molar-refractivity contribution in [2.75, 3.05) is 13.2 Å². The van der Waals surface area contributed by atoms with E-state index in [-0.39, 0.29) is 6.61 Å². The molecule has 0 fully saturated rings. The van der Waals surface area contributed by atoms with Gasteiger partial charge in [0.15, 0.2) is 0 Å². The van der Waals surface area contributed by atoms with Crippen molar-refractivity contribution in [1.29, 1.82) is 0 Å². The third-order valence-corrected chi connectivity index (χ3v) is 1.83. The molecule has 0 aromatic carbocycles. The number of aromatic nitrogens is 3. The number of hydrogen-bond donors (Lipinski definition) is 2. The molecule has 0 aliphatic rings. The maximum Gasteiger partial charge on any atom is 0.146 e. The Morgan fingerprint density at radius 2 is 2.46 bits per heavy atom. The molecule has 0 unspecified atom stereocenters.